The maximum atomic E-state index is 12.2. The summed E-state index contributed by atoms with van der Waals surface area (Å²) in [5.74, 6) is -0.939. The lowest BCUT2D eigenvalue weighted by Gasteiger charge is -2.17. The smallest absolute Gasteiger partial charge is 0.573 e. The van der Waals surface area contributed by atoms with E-state index in [1.807, 2.05) is 0 Å². The highest BCUT2D eigenvalue weighted by molar-refractivity contribution is 6.43. The van der Waals surface area contributed by atoms with Crippen LogP contribution in [0.3, 0.4) is 0 Å². The summed E-state index contributed by atoms with van der Waals surface area (Å²) in [5.41, 5.74) is 4.50. The molecule has 0 fully saturated rings. The van der Waals surface area contributed by atoms with Crippen LogP contribution in [-0.4, -0.2) is 35.4 Å². The van der Waals surface area contributed by atoms with Gasteiger partial charge >= 0.3 is 13.5 Å². The Morgan fingerprint density at radius 1 is 1.14 bits per heavy atom. The van der Waals surface area contributed by atoms with Crippen molar-refractivity contribution < 1.29 is 63.3 Å². The van der Waals surface area contributed by atoms with Crippen molar-refractivity contribution in [1.29, 1.82) is 0 Å². The summed E-state index contributed by atoms with van der Waals surface area (Å²) in [6.45, 7) is 2.08. The molecule has 1 rings (SSSR count). The van der Waals surface area contributed by atoms with Gasteiger partial charge in [-0.2, -0.15) is 0 Å². The van der Waals surface area contributed by atoms with Crippen molar-refractivity contribution in [3.63, 3.8) is 0 Å². The molecule has 0 saturated heterocycles. The summed E-state index contributed by atoms with van der Waals surface area (Å²) in [5, 5.41) is 19.1. The summed E-state index contributed by atoms with van der Waals surface area (Å²) in [4.78, 5) is 12.1. The molecule has 0 aliphatic carbocycles. The van der Waals surface area contributed by atoms with Crippen molar-refractivity contribution in [3.8, 4) is 5.75 Å². The number of benzene rings is 1. The maximum Gasteiger partial charge on any atom is 0.573 e. The van der Waals surface area contributed by atoms with E-state index in [1.165, 1.54) is 24.3 Å². The van der Waals surface area contributed by atoms with Gasteiger partial charge in [0.2, 0.25) is 0 Å². The second-order valence-electron chi connectivity index (χ2n) is 6.77. The van der Waals surface area contributed by atoms with Crippen molar-refractivity contribution in [1.82, 2.24) is 0 Å². The minimum Gasteiger partial charge on any atom is -1.00 e. The number of hydrogen-bond donors (Lipinski definition) is 3. The molecule has 0 unspecified atom stereocenters. The molecule has 0 aromatic heterocycles. The number of ketones is 1. The zero-order valence-electron chi connectivity index (χ0n) is 16.3. The molecular weight excluding hydrogens is 433 g/mol. The predicted octanol–water partition coefficient (Wildman–Crippen LogP) is -3.48. The van der Waals surface area contributed by atoms with Gasteiger partial charge in [0.15, 0.2) is 5.78 Å². The fraction of sp³-hybridized carbons (Fsp3) is 0.611. The number of unbranched alkanes of at least 4 members (excludes halogenated alkanes) is 2. The standard InChI is InChI=1S/C18H27BF3NO4.2ClH/c1-2-3-4-5-16(23)17(24)11-8-14(19(25)26)12-13-6-9-15(10-7-13)27-18(20,21)22;;/h6-7,9-10,14,16,25-26H,2-5,8,11-12,23H2,1H3;2*1H/p-1/t14-,16-;;/m0../s1. The average molecular weight is 461 g/mol. The SMILES string of the molecule is CCCCC[C@H]([NH3+])C(=O)CC[C@@H](Cc1ccc(OC(F)(F)F)cc1)B(O)O.[Cl-].[Cl-]. The van der Waals surface area contributed by atoms with Gasteiger partial charge in [-0.15, -0.1) is 13.2 Å². The van der Waals surface area contributed by atoms with Gasteiger partial charge in [-0.3, -0.25) is 4.79 Å². The molecule has 0 saturated carbocycles. The first-order chi connectivity index (χ1) is 12.6. The number of halogens is 5. The summed E-state index contributed by atoms with van der Waals surface area (Å²) in [6, 6.07) is 4.93. The lowest BCUT2D eigenvalue weighted by molar-refractivity contribution is -0.404. The number of ether oxygens (including phenoxy) is 1. The Balaban J connectivity index is 0. The summed E-state index contributed by atoms with van der Waals surface area (Å²) >= 11 is 0. The van der Waals surface area contributed by atoms with Crippen LogP contribution in [0, 0.1) is 0 Å². The van der Waals surface area contributed by atoms with E-state index < -0.39 is 19.3 Å². The molecule has 0 bridgehead atoms. The van der Waals surface area contributed by atoms with Crippen LogP contribution < -0.4 is 35.3 Å². The van der Waals surface area contributed by atoms with E-state index in [1.54, 1.807) is 0 Å². The van der Waals surface area contributed by atoms with Gasteiger partial charge in [0.1, 0.15) is 11.8 Å². The Morgan fingerprint density at radius 2 is 1.72 bits per heavy atom. The summed E-state index contributed by atoms with van der Waals surface area (Å²) in [7, 11) is -1.62. The highest BCUT2D eigenvalue weighted by Gasteiger charge is 2.31. The van der Waals surface area contributed by atoms with Gasteiger partial charge in [0.05, 0.1) is 0 Å². The molecule has 0 heterocycles. The van der Waals surface area contributed by atoms with E-state index in [9.17, 15) is 28.0 Å². The number of hydrogen-bond acceptors (Lipinski definition) is 4. The monoisotopic (exact) mass is 460 g/mol. The molecule has 0 amide bonds. The molecule has 168 valence electrons. The van der Waals surface area contributed by atoms with Crippen LogP contribution in [0.4, 0.5) is 13.2 Å². The van der Waals surface area contributed by atoms with Crippen LogP contribution in [-0.2, 0) is 11.2 Å². The highest BCUT2D eigenvalue weighted by Crippen LogP contribution is 2.26. The van der Waals surface area contributed by atoms with Gasteiger partial charge in [0.25, 0.3) is 0 Å². The molecule has 0 aliphatic heterocycles. The second kappa shape index (κ2) is 14.9. The minimum atomic E-state index is -4.76. The highest BCUT2D eigenvalue weighted by atomic mass is 35.5. The Kier molecular flexibility index (Phi) is 15.5. The fourth-order valence-electron chi connectivity index (χ4n) is 2.82. The molecule has 5 nitrogen and oxygen atoms in total. The minimum absolute atomic E-state index is 0. The summed E-state index contributed by atoms with van der Waals surface area (Å²) < 4.78 is 40.3. The number of quaternary nitrogens is 1. The molecule has 5 N–H and O–H groups in total. The topological polar surface area (TPSA) is 94.4 Å². The molecule has 0 radical (unpaired) electrons. The second-order valence-corrected chi connectivity index (χ2v) is 6.77. The normalized spacial score (nSPS) is 12.9. The third-order valence-corrected chi connectivity index (χ3v) is 4.45. The number of rotatable bonds is 12. The van der Waals surface area contributed by atoms with E-state index in [2.05, 4.69) is 17.4 Å². The Labute approximate surface area is 182 Å². The van der Waals surface area contributed by atoms with Gasteiger partial charge in [-0.25, -0.2) is 0 Å². The van der Waals surface area contributed by atoms with Crippen molar-refractivity contribution in [2.75, 3.05) is 0 Å². The van der Waals surface area contributed by atoms with Gasteiger partial charge in [-0.1, -0.05) is 31.9 Å². The van der Waals surface area contributed by atoms with Crippen LogP contribution in [0.5, 0.6) is 5.75 Å². The summed E-state index contributed by atoms with van der Waals surface area (Å²) in [6.07, 6.45) is -0.288. The van der Waals surface area contributed by atoms with Gasteiger partial charge < -0.3 is 45.3 Å². The van der Waals surface area contributed by atoms with Crippen LogP contribution in [0.15, 0.2) is 24.3 Å². The molecule has 11 heteroatoms. The third-order valence-electron chi connectivity index (χ3n) is 4.45. The van der Waals surface area contributed by atoms with Crippen molar-refractivity contribution in [2.45, 2.75) is 70.1 Å². The third kappa shape index (κ3) is 13.0. The fourth-order valence-corrected chi connectivity index (χ4v) is 2.82. The Morgan fingerprint density at radius 3 is 2.21 bits per heavy atom. The van der Waals surface area contributed by atoms with E-state index in [0.717, 1.165) is 25.7 Å². The van der Waals surface area contributed by atoms with Crippen LogP contribution in [0.25, 0.3) is 0 Å². The molecule has 29 heavy (non-hydrogen) atoms. The van der Waals surface area contributed by atoms with Gasteiger partial charge in [0, 0.05) is 12.8 Å². The molecule has 0 spiro atoms. The first-order valence-corrected chi connectivity index (χ1v) is 9.19. The molecule has 2 atom stereocenters. The average Bonchev–Trinajstić information content (AvgIpc) is 2.58. The van der Waals surface area contributed by atoms with E-state index >= 15 is 0 Å². The van der Waals surface area contributed by atoms with Crippen LogP contribution >= 0.6 is 0 Å². The van der Waals surface area contributed by atoms with Crippen LogP contribution in [0.1, 0.15) is 51.0 Å². The molecular formula is C18H28BCl2F3NO4-. The van der Waals surface area contributed by atoms with E-state index in [4.69, 9.17) is 0 Å². The molecule has 1 aromatic carbocycles. The Hall–Kier alpha value is -0.995. The predicted molar refractivity (Wildman–Crippen MR) is 95.8 cm³/mol. The van der Waals surface area contributed by atoms with Gasteiger partial charge in [-0.05, 0) is 42.8 Å². The lowest BCUT2D eigenvalue weighted by Crippen LogP contribution is -3.00. The van der Waals surface area contributed by atoms with Crippen molar-refractivity contribution in [3.05, 3.63) is 29.8 Å². The van der Waals surface area contributed by atoms with Crippen molar-refractivity contribution >= 4 is 12.9 Å². The first kappa shape index (κ1) is 30.2. The number of alkyl halides is 3. The lowest BCUT2D eigenvalue weighted by atomic mass is 9.67. The molecule has 1 aromatic rings. The quantitative estimate of drug-likeness (QED) is 0.223. The number of carbonyl (C=O) groups is 1. The molecule has 0 aliphatic rings. The zero-order chi connectivity index (χ0) is 20.4. The maximum absolute atomic E-state index is 12.2. The first-order valence-electron chi connectivity index (χ1n) is 9.19. The van der Waals surface area contributed by atoms with E-state index in [-0.39, 0.29) is 61.7 Å². The van der Waals surface area contributed by atoms with Crippen LogP contribution in [0.2, 0.25) is 5.82 Å². The number of Topliss-reactive ketones (excluding diaryl/α,β-unsaturated/α-hetero) is 1. The largest absolute Gasteiger partial charge is 1.00 e. The Bertz CT molecular complexity index is 577. The van der Waals surface area contributed by atoms with E-state index in [0.29, 0.717) is 5.56 Å². The number of carbonyl (C=O) groups excluding carboxylic acids is 1. The van der Waals surface area contributed by atoms with Crippen molar-refractivity contribution in [2.24, 2.45) is 0 Å². The zero-order valence-corrected chi connectivity index (χ0v) is 17.8.